The van der Waals surface area contributed by atoms with Crippen molar-refractivity contribution in [2.45, 2.75) is 39.7 Å². The van der Waals surface area contributed by atoms with Crippen molar-refractivity contribution in [2.75, 3.05) is 6.61 Å². The molecule has 100 valence electrons. The van der Waals surface area contributed by atoms with Crippen molar-refractivity contribution in [3.8, 4) is 0 Å². The summed E-state index contributed by atoms with van der Waals surface area (Å²) >= 11 is 0. The molecule has 2 rings (SSSR count). The van der Waals surface area contributed by atoms with Gasteiger partial charge in [0.25, 0.3) is 0 Å². The molecule has 0 heterocycles. The van der Waals surface area contributed by atoms with Gasteiger partial charge in [0.1, 0.15) is 12.4 Å². The molecule has 0 aromatic rings. The summed E-state index contributed by atoms with van der Waals surface area (Å²) in [6.07, 6.45) is 5.70. The van der Waals surface area contributed by atoms with E-state index in [4.69, 9.17) is 4.74 Å². The van der Waals surface area contributed by atoms with Crippen LogP contribution >= 0.6 is 0 Å². The lowest BCUT2D eigenvalue weighted by Gasteiger charge is -2.32. The highest BCUT2D eigenvalue weighted by Gasteiger charge is 2.52. The van der Waals surface area contributed by atoms with E-state index in [0.717, 1.165) is 12.8 Å². The van der Waals surface area contributed by atoms with Crippen molar-refractivity contribution in [2.24, 2.45) is 17.3 Å². The Bertz CT molecular complexity index is 389. The van der Waals surface area contributed by atoms with Crippen LogP contribution in [0.4, 0.5) is 4.79 Å². The Morgan fingerprint density at radius 1 is 1.44 bits per heavy atom. The number of nitrogens with one attached hydrogen (secondary N) is 1. The predicted octanol–water partition coefficient (Wildman–Crippen LogP) is 2.29. The average molecular weight is 251 g/mol. The van der Waals surface area contributed by atoms with Gasteiger partial charge in [-0.3, -0.25) is 4.79 Å². The molecule has 0 aliphatic heterocycles. The molecule has 1 saturated carbocycles. The van der Waals surface area contributed by atoms with Crippen LogP contribution in [0.25, 0.3) is 0 Å². The van der Waals surface area contributed by atoms with E-state index in [1.54, 1.807) is 6.92 Å². The summed E-state index contributed by atoms with van der Waals surface area (Å²) in [5.74, 6) is 0.860. The zero-order valence-electron chi connectivity index (χ0n) is 11.2. The summed E-state index contributed by atoms with van der Waals surface area (Å²) in [6, 6.07) is 0.0469. The number of alkyl carbamates (subject to hydrolysis) is 1. The van der Waals surface area contributed by atoms with Crippen LogP contribution in [0.5, 0.6) is 0 Å². The van der Waals surface area contributed by atoms with Crippen LogP contribution in [0.3, 0.4) is 0 Å². The van der Waals surface area contributed by atoms with Gasteiger partial charge in [-0.15, -0.1) is 0 Å². The molecule has 1 N–H and O–H groups in total. The van der Waals surface area contributed by atoms with Gasteiger partial charge in [-0.05, 0) is 45.4 Å². The van der Waals surface area contributed by atoms with Gasteiger partial charge in [0.2, 0.25) is 0 Å². The molecule has 0 spiro atoms. The molecule has 2 aliphatic rings. The lowest BCUT2D eigenvalue weighted by Crippen LogP contribution is -2.41. The maximum Gasteiger partial charge on any atom is 0.407 e. The van der Waals surface area contributed by atoms with Gasteiger partial charge in [0, 0.05) is 6.04 Å². The van der Waals surface area contributed by atoms with Crippen LogP contribution in [0.1, 0.15) is 33.6 Å². The first-order valence-electron chi connectivity index (χ1n) is 6.56. The molecule has 2 aliphatic carbocycles. The highest BCUT2D eigenvalue weighted by atomic mass is 16.5. The molecule has 0 radical (unpaired) electrons. The Kier molecular flexibility index (Phi) is 3.46. The number of hydrogen-bond acceptors (Lipinski definition) is 3. The van der Waals surface area contributed by atoms with Gasteiger partial charge < -0.3 is 10.1 Å². The highest BCUT2D eigenvalue weighted by Crippen LogP contribution is 2.52. The zero-order chi connectivity index (χ0) is 13.3. The average Bonchev–Trinajstić information content (AvgIpc) is 2.85. The van der Waals surface area contributed by atoms with Gasteiger partial charge >= 0.3 is 6.09 Å². The lowest BCUT2D eigenvalue weighted by molar-refractivity contribution is -0.130. The third-order valence-corrected chi connectivity index (χ3v) is 4.08. The minimum Gasteiger partial charge on any atom is -0.448 e. The number of rotatable bonds is 4. The monoisotopic (exact) mass is 251 g/mol. The number of Topliss-reactive ketones (excluding diaryl/α,β-unsaturated/α-hetero) is 1. The second-order valence-electron chi connectivity index (χ2n) is 5.78. The molecule has 0 saturated heterocycles. The minimum absolute atomic E-state index is 0.0469. The van der Waals surface area contributed by atoms with Gasteiger partial charge in [0.05, 0.1) is 5.41 Å². The number of carbonyl (C=O) groups is 2. The molecule has 3 atom stereocenters. The Labute approximate surface area is 108 Å². The number of allylic oxidation sites excluding steroid dienone is 2. The van der Waals surface area contributed by atoms with Crippen LogP contribution in [-0.2, 0) is 9.53 Å². The zero-order valence-corrected chi connectivity index (χ0v) is 11.2. The number of fused-ring (bicyclic) bond motifs is 2. The van der Waals surface area contributed by atoms with Crippen molar-refractivity contribution in [1.29, 1.82) is 0 Å². The maximum atomic E-state index is 11.9. The maximum absolute atomic E-state index is 11.9. The standard InChI is InChI=1S/C14H21NO3/c1-9(2)15-13(17)18-8-14(10(3)16)7-11-4-5-12(14)6-11/h4-5,9,11-12H,6-8H2,1-3H3,(H,15,17). The third kappa shape index (κ3) is 2.28. The van der Waals surface area contributed by atoms with Crippen molar-refractivity contribution in [3.63, 3.8) is 0 Å². The Morgan fingerprint density at radius 3 is 2.61 bits per heavy atom. The van der Waals surface area contributed by atoms with Crippen molar-refractivity contribution < 1.29 is 14.3 Å². The topological polar surface area (TPSA) is 55.4 Å². The van der Waals surface area contributed by atoms with E-state index in [1.165, 1.54) is 0 Å². The number of ether oxygens (including phenoxy) is 1. The quantitative estimate of drug-likeness (QED) is 0.780. The fraction of sp³-hybridized carbons (Fsp3) is 0.714. The van der Waals surface area contributed by atoms with E-state index < -0.39 is 11.5 Å². The number of hydrogen-bond donors (Lipinski definition) is 1. The summed E-state index contributed by atoms with van der Waals surface area (Å²) in [5.41, 5.74) is -0.478. The third-order valence-electron chi connectivity index (χ3n) is 4.08. The molecule has 0 aromatic heterocycles. The summed E-state index contributed by atoms with van der Waals surface area (Å²) in [5, 5.41) is 2.68. The molecule has 3 unspecified atom stereocenters. The molecule has 2 bridgehead atoms. The fourth-order valence-electron chi connectivity index (χ4n) is 3.10. The summed E-state index contributed by atoms with van der Waals surface area (Å²) in [7, 11) is 0. The summed E-state index contributed by atoms with van der Waals surface area (Å²) in [6.45, 7) is 5.56. The molecule has 4 nitrogen and oxygen atoms in total. The van der Waals surface area contributed by atoms with Gasteiger partial charge in [-0.1, -0.05) is 12.2 Å². The fourth-order valence-corrected chi connectivity index (χ4v) is 3.10. The molecule has 0 aromatic carbocycles. The highest BCUT2D eigenvalue weighted by molar-refractivity contribution is 5.84. The van der Waals surface area contributed by atoms with Crippen molar-refractivity contribution >= 4 is 11.9 Å². The number of amides is 1. The van der Waals surface area contributed by atoms with Gasteiger partial charge in [-0.2, -0.15) is 0 Å². The number of carbonyl (C=O) groups excluding carboxylic acids is 2. The van der Waals surface area contributed by atoms with E-state index in [-0.39, 0.29) is 24.3 Å². The Hall–Kier alpha value is -1.32. The van der Waals surface area contributed by atoms with E-state index in [9.17, 15) is 9.59 Å². The molecule has 1 amide bonds. The first-order chi connectivity index (χ1) is 8.44. The Morgan fingerprint density at radius 2 is 2.17 bits per heavy atom. The smallest absolute Gasteiger partial charge is 0.407 e. The number of ketones is 1. The largest absolute Gasteiger partial charge is 0.448 e. The molecule has 4 heteroatoms. The SMILES string of the molecule is CC(=O)C1(COC(=O)NC(C)C)CC2C=CC1C2. The van der Waals surface area contributed by atoms with Crippen LogP contribution in [0, 0.1) is 17.3 Å². The molecule has 1 fully saturated rings. The van der Waals surface area contributed by atoms with E-state index in [0.29, 0.717) is 5.92 Å². The van der Waals surface area contributed by atoms with E-state index in [1.807, 2.05) is 13.8 Å². The van der Waals surface area contributed by atoms with Crippen LogP contribution in [0.2, 0.25) is 0 Å². The molecular weight excluding hydrogens is 230 g/mol. The summed E-state index contributed by atoms with van der Waals surface area (Å²) in [4.78, 5) is 23.5. The summed E-state index contributed by atoms with van der Waals surface area (Å²) < 4.78 is 5.25. The Balaban J connectivity index is 1.99. The second kappa shape index (κ2) is 4.75. The van der Waals surface area contributed by atoms with Crippen LogP contribution in [0.15, 0.2) is 12.2 Å². The molecule has 18 heavy (non-hydrogen) atoms. The van der Waals surface area contributed by atoms with Gasteiger partial charge in [-0.25, -0.2) is 4.79 Å². The van der Waals surface area contributed by atoms with Gasteiger partial charge in [0.15, 0.2) is 0 Å². The van der Waals surface area contributed by atoms with Crippen molar-refractivity contribution in [1.82, 2.24) is 5.32 Å². The van der Waals surface area contributed by atoms with Crippen LogP contribution < -0.4 is 5.32 Å². The second-order valence-corrected chi connectivity index (χ2v) is 5.78. The first kappa shape index (κ1) is 13.1. The van der Waals surface area contributed by atoms with E-state index in [2.05, 4.69) is 17.5 Å². The van der Waals surface area contributed by atoms with Crippen molar-refractivity contribution in [3.05, 3.63) is 12.2 Å². The minimum atomic E-state index is -0.478. The van der Waals surface area contributed by atoms with Crippen LogP contribution in [-0.4, -0.2) is 24.5 Å². The van der Waals surface area contributed by atoms with E-state index >= 15 is 0 Å². The molecular formula is C14H21NO3. The normalized spacial score (nSPS) is 32.9. The predicted molar refractivity (Wildman–Crippen MR) is 68.1 cm³/mol. The first-order valence-corrected chi connectivity index (χ1v) is 6.56. The lowest BCUT2D eigenvalue weighted by atomic mass is 9.73.